The van der Waals surface area contributed by atoms with E-state index in [1.807, 2.05) is 6.92 Å². The molecular weight excluding hydrogens is 252 g/mol. The molecule has 2 aromatic carbocycles. The Labute approximate surface area is 108 Å². The van der Waals surface area contributed by atoms with E-state index >= 15 is 0 Å². The molecule has 0 saturated carbocycles. The van der Waals surface area contributed by atoms with E-state index in [9.17, 15) is 13.6 Å². The van der Waals surface area contributed by atoms with Crippen molar-refractivity contribution in [2.75, 3.05) is 0 Å². The zero-order chi connectivity index (χ0) is 14.0. The van der Waals surface area contributed by atoms with Gasteiger partial charge in [-0.25, -0.2) is 4.39 Å². The predicted molar refractivity (Wildman–Crippen MR) is 66.1 cm³/mol. The molecule has 0 saturated heterocycles. The van der Waals surface area contributed by atoms with Gasteiger partial charge in [-0.3, -0.25) is 4.79 Å². The fourth-order valence-electron chi connectivity index (χ4n) is 1.53. The summed E-state index contributed by atoms with van der Waals surface area (Å²) in [4.78, 5) is 10.9. The second-order valence-electron chi connectivity index (χ2n) is 4.02. The molecule has 1 amide bonds. The monoisotopic (exact) mass is 263 g/mol. The highest BCUT2D eigenvalue weighted by molar-refractivity contribution is 5.93. The van der Waals surface area contributed by atoms with Gasteiger partial charge in [0.15, 0.2) is 11.6 Å². The van der Waals surface area contributed by atoms with Crippen molar-refractivity contribution in [2.24, 2.45) is 5.73 Å². The highest BCUT2D eigenvalue weighted by atomic mass is 19.2. The molecule has 0 aliphatic rings. The van der Waals surface area contributed by atoms with Gasteiger partial charge in [0.05, 0.1) is 5.56 Å². The van der Waals surface area contributed by atoms with Gasteiger partial charge >= 0.3 is 0 Å². The lowest BCUT2D eigenvalue weighted by Gasteiger charge is -2.08. The highest BCUT2D eigenvalue weighted by Crippen LogP contribution is 2.27. The first-order valence-electron chi connectivity index (χ1n) is 5.51. The predicted octanol–water partition coefficient (Wildman–Crippen LogP) is 3.16. The van der Waals surface area contributed by atoms with Crippen LogP contribution >= 0.6 is 0 Å². The van der Waals surface area contributed by atoms with Crippen molar-refractivity contribution < 1.29 is 18.3 Å². The molecule has 2 rings (SSSR count). The van der Waals surface area contributed by atoms with Crippen LogP contribution in [-0.4, -0.2) is 5.91 Å². The maximum atomic E-state index is 13.7. The average molecular weight is 263 g/mol. The van der Waals surface area contributed by atoms with Crippen LogP contribution < -0.4 is 10.5 Å². The number of hydrogen-bond acceptors (Lipinski definition) is 2. The second-order valence-corrected chi connectivity index (χ2v) is 4.02. The Hall–Kier alpha value is -2.43. The van der Waals surface area contributed by atoms with Crippen LogP contribution in [0.15, 0.2) is 36.4 Å². The van der Waals surface area contributed by atoms with Crippen molar-refractivity contribution >= 4 is 5.91 Å². The maximum Gasteiger partial charge on any atom is 0.251 e. The van der Waals surface area contributed by atoms with Crippen LogP contribution in [0.25, 0.3) is 0 Å². The second kappa shape index (κ2) is 5.06. The molecule has 98 valence electrons. The lowest BCUT2D eigenvalue weighted by Crippen LogP contribution is -2.14. The Morgan fingerprint density at radius 3 is 2.26 bits per heavy atom. The number of carbonyl (C=O) groups excluding carboxylic acids is 1. The van der Waals surface area contributed by atoms with Gasteiger partial charge in [0.1, 0.15) is 5.75 Å². The summed E-state index contributed by atoms with van der Waals surface area (Å²) in [7, 11) is 0. The smallest absolute Gasteiger partial charge is 0.251 e. The molecule has 0 aliphatic heterocycles. The first kappa shape index (κ1) is 13.0. The first-order valence-corrected chi connectivity index (χ1v) is 5.51. The van der Waals surface area contributed by atoms with Crippen LogP contribution in [0.2, 0.25) is 0 Å². The number of amides is 1. The van der Waals surface area contributed by atoms with E-state index in [0.717, 1.165) is 11.6 Å². The third-order valence-corrected chi connectivity index (χ3v) is 2.56. The van der Waals surface area contributed by atoms with Crippen molar-refractivity contribution in [2.45, 2.75) is 6.92 Å². The zero-order valence-electron chi connectivity index (χ0n) is 10.1. The Kier molecular flexibility index (Phi) is 3.46. The zero-order valence-corrected chi connectivity index (χ0v) is 10.1. The number of ether oxygens (including phenoxy) is 1. The van der Waals surface area contributed by atoms with E-state index in [-0.39, 0.29) is 5.75 Å². The van der Waals surface area contributed by atoms with Gasteiger partial charge < -0.3 is 10.5 Å². The van der Waals surface area contributed by atoms with E-state index in [1.54, 1.807) is 24.3 Å². The van der Waals surface area contributed by atoms with E-state index in [2.05, 4.69) is 0 Å². The summed E-state index contributed by atoms with van der Waals surface area (Å²) in [5, 5.41) is 0. The molecule has 0 fully saturated rings. The normalized spacial score (nSPS) is 10.3. The van der Waals surface area contributed by atoms with E-state index in [4.69, 9.17) is 10.5 Å². The quantitative estimate of drug-likeness (QED) is 0.924. The molecule has 2 N–H and O–H groups in total. The summed E-state index contributed by atoms with van der Waals surface area (Å²) >= 11 is 0. The van der Waals surface area contributed by atoms with Crippen LogP contribution in [0.3, 0.4) is 0 Å². The SMILES string of the molecule is Cc1ccc(Oc2ccc(C(N)=O)c(F)c2F)cc1. The van der Waals surface area contributed by atoms with Crippen molar-refractivity contribution in [3.8, 4) is 11.5 Å². The molecule has 0 spiro atoms. The average Bonchev–Trinajstić information content (AvgIpc) is 2.37. The lowest BCUT2D eigenvalue weighted by atomic mass is 10.2. The first-order chi connectivity index (χ1) is 8.99. The van der Waals surface area contributed by atoms with Crippen molar-refractivity contribution in [3.63, 3.8) is 0 Å². The molecule has 0 atom stereocenters. The molecule has 3 nitrogen and oxygen atoms in total. The molecule has 0 aliphatic carbocycles. The number of benzene rings is 2. The van der Waals surface area contributed by atoms with Crippen LogP contribution in [0, 0.1) is 18.6 Å². The van der Waals surface area contributed by atoms with Gasteiger partial charge in [-0.05, 0) is 31.2 Å². The van der Waals surface area contributed by atoms with Gasteiger partial charge in [0.2, 0.25) is 5.82 Å². The molecule has 0 bridgehead atoms. The largest absolute Gasteiger partial charge is 0.454 e. The van der Waals surface area contributed by atoms with Gasteiger partial charge in [-0.2, -0.15) is 4.39 Å². The molecule has 5 heteroatoms. The third kappa shape index (κ3) is 2.70. The molecular formula is C14H11F2NO2. The van der Waals surface area contributed by atoms with E-state index < -0.39 is 23.1 Å². The number of primary amides is 1. The Morgan fingerprint density at radius 1 is 1.05 bits per heavy atom. The molecule has 2 aromatic rings. The maximum absolute atomic E-state index is 13.7. The van der Waals surface area contributed by atoms with Crippen LogP contribution in [0.4, 0.5) is 8.78 Å². The fourth-order valence-corrected chi connectivity index (χ4v) is 1.53. The molecule has 0 radical (unpaired) electrons. The lowest BCUT2D eigenvalue weighted by molar-refractivity contribution is 0.0995. The summed E-state index contributed by atoms with van der Waals surface area (Å²) in [5.41, 5.74) is 5.43. The number of aryl methyl sites for hydroxylation is 1. The van der Waals surface area contributed by atoms with Gasteiger partial charge in [-0.1, -0.05) is 17.7 Å². The standard InChI is InChI=1S/C14H11F2NO2/c1-8-2-4-9(5-3-8)19-11-7-6-10(14(17)18)12(15)13(11)16/h2-7H,1H3,(H2,17,18). The summed E-state index contributed by atoms with van der Waals surface area (Å²) in [5.74, 6) is -3.51. The molecule has 0 unspecified atom stereocenters. The summed E-state index contributed by atoms with van der Waals surface area (Å²) < 4.78 is 32.4. The van der Waals surface area contributed by atoms with Crippen LogP contribution in [0.5, 0.6) is 11.5 Å². The Balaban J connectivity index is 2.34. The number of hydrogen-bond donors (Lipinski definition) is 1. The van der Waals surface area contributed by atoms with E-state index in [1.165, 1.54) is 6.07 Å². The topological polar surface area (TPSA) is 52.3 Å². The molecule has 0 heterocycles. The number of carbonyl (C=O) groups is 1. The van der Waals surface area contributed by atoms with Gasteiger partial charge in [-0.15, -0.1) is 0 Å². The minimum atomic E-state index is -1.31. The fraction of sp³-hybridized carbons (Fsp3) is 0.0714. The highest BCUT2D eigenvalue weighted by Gasteiger charge is 2.18. The van der Waals surface area contributed by atoms with Gasteiger partial charge in [0, 0.05) is 0 Å². The van der Waals surface area contributed by atoms with Crippen LogP contribution in [-0.2, 0) is 0 Å². The number of halogens is 2. The van der Waals surface area contributed by atoms with Crippen LogP contribution in [0.1, 0.15) is 15.9 Å². The molecule has 0 aromatic heterocycles. The third-order valence-electron chi connectivity index (χ3n) is 2.56. The summed E-state index contributed by atoms with van der Waals surface area (Å²) in [6.45, 7) is 1.89. The Morgan fingerprint density at radius 2 is 1.68 bits per heavy atom. The van der Waals surface area contributed by atoms with Crippen molar-refractivity contribution in [1.29, 1.82) is 0 Å². The summed E-state index contributed by atoms with van der Waals surface area (Å²) in [6.07, 6.45) is 0. The van der Waals surface area contributed by atoms with Crippen molar-refractivity contribution in [3.05, 3.63) is 59.2 Å². The minimum Gasteiger partial charge on any atom is -0.454 e. The Bertz CT molecular complexity index is 624. The molecule has 19 heavy (non-hydrogen) atoms. The summed E-state index contributed by atoms with van der Waals surface area (Å²) in [6, 6.07) is 9.08. The van der Waals surface area contributed by atoms with E-state index in [0.29, 0.717) is 5.75 Å². The number of nitrogens with two attached hydrogens (primary N) is 1. The minimum absolute atomic E-state index is 0.300. The number of rotatable bonds is 3. The van der Waals surface area contributed by atoms with Crippen molar-refractivity contribution in [1.82, 2.24) is 0 Å². The van der Waals surface area contributed by atoms with Gasteiger partial charge in [0.25, 0.3) is 5.91 Å².